The number of nitrogens with zero attached hydrogens (tertiary/aromatic N) is 3. The van der Waals surface area contributed by atoms with Crippen LogP contribution >= 0.6 is 11.6 Å². The number of carbonyl (C=O) groups excluding carboxylic acids is 1. The average molecular weight is 422 g/mol. The number of halogens is 1. The molecule has 0 N–H and O–H groups in total. The van der Waals surface area contributed by atoms with Gasteiger partial charge in [0.25, 0.3) is 0 Å². The van der Waals surface area contributed by atoms with E-state index in [2.05, 4.69) is 17.0 Å². The molecule has 0 bridgehead atoms. The molecular weight excluding hydrogens is 398 g/mol. The van der Waals surface area contributed by atoms with Crippen molar-refractivity contribution in [1.82, 2.24) is 9.21 Å². The summed E-state index contributed by atoms with van der Waals surface area (Å²) in [6.07, 6.45) is 0. The molecule has 0 radical (unpaired) electrons. The van der Waals surface area contributed by atoms with Crippen LogP contribution in [0.5, 0.6) is 0 Å². The summed E-state index contributed by atoms with van der Waals surface area (Å²) in [6, 6.07) is 16.1. The second-order valence-electron chi connectivity index (χ2n) is 6.59. The number of hydrogen-bond acceptors (Lipinski definition) is 4. The number of likely N-dealkylation sites (N-methyl/N-ethyl adjacent to an activating group) is 1. The van der Waals surface area contributed by atoms with Crippen molar-refractivity contribution in [2.75, 3.05) is 44.2 Å². The largest absolute Gasteiger partial charge is 0.368 e. The fourth-order valence-electron chi connectivity index (χ4n) is 3.23. The lowest BCUT2D eigenvalue weighted by atomic mass is 10.2. The van der Waals surface area contributed by atoms with Crippen molar-refractivity contribution in [2.24, 2.45) is 0 Å². The molecule has 28 heavy (non-hydrogen) atoms. The average Bonchev–Trinajstić information content (AvgIpc) is 2.72. The Morgan fingerprint density at radius 2 is 1.61 bits per heavy atom. The molecule has 6 nitrogen and oxygen atoms in total. The van der Waals surface area contributed by atoms with E-state index in [1.807, 2.05) is 18.2 Å². The molecule has 2 aromatic carbocycles. The minimum atomic E-state index is -3.74. The van der Waals surface area contributed by atoms with Gasteiger partial charge in [-0.3, -0.25) is 4.79 Å². The minimum Gasteiger partial charge on any atom is -0.368 e. The smallest absolute Gasteiger partial charge is 0.243 e. The summed E-state index contributed by atoms with van der Waals surface area (Å²) in [5.74, 6) is -0.174. The lowest BCUT2D eigenvalue weighted by molar-refractivity contribution is -0.131. The van der Waals surface area contributed by atoms with E-state index >= 15 is 0 Å². The number of carbonyl (C=O) groups is 1. The summed E-state index contributed by atoms with van der Waals surface area (Å²) in [4.78, 5) is 16.8. The van der Waals surface area contributed by atoms with Gasteiger partial charge in [-0.25, -0.2) is 8.42 Å². The number of hydrogen-bond donors (Lipinski definition) is 0. The maximum atomic E-state index is 12.8. The van der Waals surface area contributed by atoms with Crippen LogP contribution in [0.1, 0.15) is 6.92 Å². The predicted molar refractivity (Wildman–Crippen MR) is 111 cm³/mol. The number of rotatable bonds is 6. The summed E-state index contributed by atoms with van der Waals surface area (Å²) >= 11 is 5.84. The number of anilines is 1. The number of sulfonamides is 1. The standard InChI is InChI=1S/C20H24ClN3O3S/c1-2-24(28(26,27)19-10-8-17(21)9-11-19)16-20(25)23-14-12-22(13-15-23)18-6-4-3-5-7-18/h3-11H,2,12-16H2,1H3. The number of piperazine rings is 1. The Morgan fingerprint density at radius 1 is 1.00 bits per heavy atom. The summed E-state index contributed by atoms with van der Waals surface area (Å²) in [6.45, 7) is 4.40. The molecule has 1 fully saturated rings. The van der Waals surface area contributed by atoms with E-state index in [0.717, 1.165) is 18.8 Å². The monoisotopic (exact) mass is 421 g/mol. The lowest BCUT2D eigenvalue weighted by Gasteiger charge is -2.36. The maximum absolute atomic E-state index is 12.8. The molecule has 8 heteroatoms. The molecule has 1 saturated heterocycles. The van der Waals surface area contributed by atoms with Crippen LogP contribution in [-0.4, -0.2) is 62.8 Å². The lowest BCUT2D eigenvalue weighted by Crippen LogP contribution is -2.51. The molecule has 1 amide bonds. The highest BCUT2D eigenvalue weighted by molar-refractivity contribution is 7.89. The molecule has 0 spiro atoms. The van der Waals surface area contributed by atoms with Crippen molar-refractivity contribution in [2.45, 2.75) is 11.8 Å². The van der Waals surface area contributed by atoms with Crippen LogP contribution in [-0.2, 0) is 14.8 Å². The van der Waals surface area contributed by atoms with E-state index in [1.54, 1.807) is 11.8 Å². The van der Waals surface area contributed by atoms with Gasteiger partial charge in [0.15, 0.2) is 0 Å². The molecule has 1 aliphatic heterocycles. The van der Waals surface area contributed by atoms with Crippen molar-refractivity contribution in [3.05, 3.63) is 59.6 Å². The molecule has 0 aliphatic carbocycles. The third-order valence-electron chi connectivity index (χ3n) is 4.87. The highest BCUT2D eigenvalue weighted by Crippen LogP contribution is 2.19. The van der Waals surface area contributed by atoms with Gasteiger partial charge in [0.05, 0.1) is 11.4 Å². The first-order valence-corrected chi connectivity index (χ1v) is 11.1. The van der Waals surface area contributed by atoms with Crippen molar-refractivity contribution in [3.63, 3.8) is 0 Å². The Labute approximate surface area is 171 Å². The van der Waals surface area contributed by atoms with Crippen LogP contribution < -0.4 is 4.90 Å². The first kappa shape index (κ1) is 20.6. The van der Waals surface area contributed by atoms with E-state index in [-0.39, 0.29) is 23.9 Å². The Balaban J connectivity index is 1.62. The molecule has 150 valence electrons. The zero-order valence-corrected chi connectivity index (χ0v) is 17.4. The second-order valence-corrected chi connectivity index (χ2v) is 8.96. The number of benzene rings is 2. The summed E-state index contributed by atoms with van der Waals surface area (Å²) in [7, 11) is -3.74. The van der Waals surface area contributed by atoms with Crippen LogP contribution in [0, 0.1) is 0 Å². The maximum Gasteiger partial charge on any atom is 0.243 e. The van der Waals surface area contributed by atoms with Crippen molar-refractivity contribution < 1.29 is 13.2 Å². The third-order valence-corrected chi connectivity index (χ3v) is 7.06. The molecule has 0 atom stereocenters. The molecule has 0 aromatic heterocycles. The third kappa shape index (κ3) is 4.66. The van der Waals surface area contributed by atoms with Gasteiger partial charge < -0.3 is 9.80 Å². The van der Waals surface area contributed by atoms with Crippen LogP contribution in [0.15, 0.2) is 59.5 Å². The van der Waals surface area contributed by atoms with Crippen LogP contribution in [0.4, 0.5) is 5.69 Å². The van der Waals surface area contributed by atoms with Gasteiger partial charge in [-0.15, -0.1) is 0 Å². The van der Waals surface area contributed by atoms with Gasteiger partial charge in [0.1, 0.15) is 0 Å². The van der Waals surface area contributed by atoms with E-state index in [4.69, 9.17) is 11.6 Å². The molecule has 2 aromatic rings. The fourth-order valence-corrected chi connectivity index (χ4v) is 4.75. The Morgan fingerprint density at radius 3 is 2.18 bits per heavy atom. The van der Waals surface area contributed by atoms with E-state index in [9.17, 15) is 13.2 Å². The van der Waals surface area contributed by atoms with Gasteiger partial charge in [0, 0.05) is 43.4 Å². The first-order valence-electron chi connectivity index (χ1n) is 9.25. The van der Waals surface area contributed by atoms with Gasteiger partial charge in [0.2, 0.25) is 15.9 Å². The normalized spacial score (nSPS) is 15.1. The van der Waals surface area contributed by atoms with E-state index in [0.29, 0.717) is 18.1 Å². The van der Waals surface area contributed by atoms with Crippen LogP contribution in [0.25, 0.3) is 0 Å². The molecule has 1 heterocycles. The summed E-state index contributed by atoms with van der Waals surface area (Å²) in [5, 5.41) is 0.467. The molecule has 1 aliphatic rings. The Hall–Kier alpha value is -2.09. The number of amides is 1. The molecular formula is C20H24ClN3O3S. The van der Waals surface area contributed by atoms with Crippen LogP contribution in [0.3, 0.4) is 0 Å². The quantitative estimate of drug-likeness (QED) is 0.719. The predicted octanol–water partition coefficient (Wildman–Crippen LogP) is 2.70. The molecule has 0 saturated carbocycles. The fraction of sp³-hybridized carbons (Fsp3) is 0.350. The van der Waals surface area contributed by atoms with Gasteiger partial charge in [-0.05, 0) is 36.4 Å². The first-order chi connectivity index (χ1) is 13.4. The SMILES string of the molecule is CCN(CC(=O)N1CCN(c2ccccc2)CC1)S(=O)(=O)c1ccc(Cl)cc1. The second kappa shape index (κ2) is 8.94. The summed E-state index contributed by atoms with van der Waals surface area (Å²) < 4.78 is 26.9. The number of para-hydroxylation sites is 1. The zero-order valence-electron chi connectivity index (χ0n) is 15.8. The van der Waals surface area contributed by atoms with Gasteiger partial charge in [-0.2, -0.15) is 4.31 Å². The van der Waals surface area contributed by atoms with Crippen LogP contribution in [0.2, 0.25) is 5.02 Å². The topological polar surface area (TPSA) is 60.9 Å². The van der Waals surface area contributed by atoms with Gasteiger partial charge in [-0.1, -0.05) is 36.7 Å². The van der Waals surface area contributed by atoms with Crippen molar-refractivity contribution >= 4 is 33.2 Å². The van der Waals surface area contributed by atoms with Crippen molar-refractivity contribution in [1.29, 1.82) is 0 Å². The zero-order chi connectivity index (χ0) is 20.1. The highest BCUT2D eigenvalue weighted by atomic mass is 35.5. The minimum absolute atomic E-state index is 0.139. The van der Waals surface area contributed by atoms with Gasteiger partial charge >= 0.3 is 0 Å². The van der Waals surface area contributed by atoms with E-state index < -0.39 is 10.0 Å². The summed E-state index contributed by atoms with van der Waals surface area (Å²) in [5.41, 5.74) is 1.13. The van der Waals surface area contributed by atoms with E-state index in [1.165, 1.54) is 28.6 Å². The Bertz CT molecular complexity index is 896. The van der Waals surface area contributed by atoms with Crippen molar-refractivity contribution in [3.8, 4) is 0 Å². The Kier molecular flexibility index (Phi) is 6.59. The highest BCUT2D eigenvalue weighted by Gasteiger charge is 2.28. The molecule has 3 rings (SSSR count). The molecule has 0 unspecified atom stereocenters.